The monoisotopic (exact) mass is 274 g/mol. The maximum atomic E-state index is 10.3. The number of aromatic carboxylic acids is 1. The van der Waals surface area contributed by atoms with Crippen LogP contribution in [0, 0.1) is 0 Å². The maximum absolute atomic E-state index is 10.3. The number of carboxylic acid groups (broad SMARTS) is 1. The Hall–Kier alpha value is -0.150. The minimum absolute atomic E-state index is 0.215. The van der Waals surface area contributed by atoms with Gasteiger partial charge in [0.15, 0.2) is 4.30 Å². The van der Waals surface area contributed by atoms with Gasteiger partial charge in [0.1, 0.15) is 0 Å². The molecule has 0 radical (unpaired) electrons. The zero-order valence-corrected chi connectivity index (χ0v) is 9.78. The topological polar surface area (TPSA) is 37.3 Å². The molecule has 78 valence electrons. The van der Waals surface area contributed by atoms with Crippen LogP contribution in [0.2, 0.25) is 5.02 Å². The van der Waals surface area contributed by atoms with Crippen molar-refractivity contribution < 1.29 is 9.90 Å². The summed E-state index contributed by atoms with van der Waals surface area (Å²) in [4.78, 5) is 10.3. The van der Waals surface area contributed by atoms with Crippen molar-refractivity contribution in [1.29, 1.82) is 0 Å². The van der Waals surface area contributed by atoms with Crippen molar-refractivity contribution >= 4 is 52.4 Å². The van der Waals surface area contributed by atoms with Crippen molar-refractivity contribution in [2.75, 3.05) is 0 Å². The largest absolute Gasteiger partial charge is 0.478 e. The highest BCUT2D eigenvalue weighted by Crippen LogP contribution is 2.09. The third-order valence-corrected chi connectivity index (χ3v) is 1.31. The molecule has 1 N–H and O–H groups in total. The first kappa shape index (κ1) is 13.8. The van der Waals surface area contributed by atoms with Crippen LogP contribution in [0.4, 0.5) is 0 Å². The molecule has 0 atom stereocenters. The summed E-state index contributed by atoms with van der Waals surface area (Å²) in [5.41, 5.74) is 0.215. The highest BCUT2D eigenvalue weighted by molar-refractivity contribution is 6.63. The van der Waals surface area contributed by atoms with Gasteiger partial charge in [0.2, 0.25) is 0 Å². The molecular formula is C8H6Cl4O2. The van der Waals surface area contributed by atoms with Crippen LogP contribution in [0.1, 0.15) is 10.4 Å². The van der Waals surface area contributed by atoms with Gasteiger partial charge in [-0.1, -0.05) is 52.5 Å². The fourth-order valence-corrected chi connectivity index (χ4v) is 0.812. The van der Waals surface area contributed by atoms with E-state index in [0.717, 1.165) is 0 Å². The van der Waals surface area contributed by atoms with Crippen molar-refractivity contribution in [2.45, 2.75) is 4.30 Å². The number of hydrogen-bond acceptors (Lipinski definition) is 1. The number of carbonyl (C=O) groups is 1. The van der Waals surface area contributed by atoms with Crippen molar-refractivity contribution in [3.05, 3.63) is 34.9 Å². The van der Waals surface area contributed by atoms with Crippen LogP contribution < -0.4 is 0 Å². The summed E-state index contributed by atoms with van der Waals surface area (Å²) < 4.78 is -0.750. The van der Waals surface area contributed by atoms with E-state index < -0.39 is 10.3 Å². The zero-order valence-electron chi connectivity index (χ0n) is 6.75. The van der Waals surface area contributed by atoms with E-state index in [0.29, 0.717) is 5.02 Å². The van der Waals surface area contributed by atoms with Crippen LogP contribution in [0.25, 0.3) is 0 Å². The van der Waals surface area contributed by atoms with Gasteiger partial charge in [0.25, 0.3) is 0 Å². The second-order valence-corrected chi connectivity index (χ2v) is 4.48. The molecule has 14 heavy (non-hydrogen) atoms. The van der Waals surface area contributed by atoms with E-state index in [1.807, 2.05) is 0 Å². The third-order valence-electron chi connectivity index (χ3n) is 1.07. The first-order valence-corrected chi connectivity index (χ1v) is 5.03. The molecule has 0 unspecified atom stereocenters. The minimum Gasteiger partial charge on any atom is -0.478 e. The Balaban J connectivity index is 0.000000364. The van der Waals surface area contributed by atoms with Gasteiger partial charge in [-0.3, -0.25) is 0 Å². The number of alkyl halides is 3. The van der Waals surface area contributed by atoms with Gasteiger partial charge in [-0.25, -0.2) is 4.79 Å². The number of halogens is 4. The Morgan fingerprint density at radius 1 is 1.29 bits per heavy atom. The molecule has 0 saturated carbocycles. The first-order chi connectivity index (χ1) is 6.43. The molecule has 0 fully saturated rings. The number of benzene rings is 1. The lowest BCUT2D eigenvalue weighted by Crippen LogP contribution is -1.94. The Kier molecular flexibility index (Phi) is 7.11. The van der Waals surface area contributed by atoms with Gasteiger partial charge in [0, 0.05) is 5.02 Å². The zero-order chi connectivity index (χ0) is 11.1. The molecule has 0 bridgehead atoms. The molecule has 0 amide bonds. The summed E-state index contributed by atoms with van der Waals surface area (Å²) in [7, 11) is 0. The van der Waals surface area contributed by atoms with E-state index in [9.17, 15) is 4.79 Å². The summed E-state index contributed by atoms with van der Waals surface area (Å²) in [5.74, 6) is -0.956. The Morgan fingerprint density at radius 2 is 1.79 bits per heavy atom. The molecule has 0 aliphatic carbocycles. The molecule has 2 nitrogen and oxygen atoms in total. The highest BCUT2D eigenvalue weighted by Gasteiger charge is 2.00. The van der Waals surface area contributed by atoms with E-state index >= 15 is 0 Å². The average molecular weight is 276 g/mol. The fourth-order valence-electron chi connectivity index (χ4n) is 0.622. The second kappa shape index (κ2) is 7.18. The van der Waals surface area contributed by atoms with Crippen molar-refractivity contribution in [3.63, 3.8) is 0 Å². The SMILES string of the molecule is ClC(Cl)Cl.O=C(O)c1cccc(Cl)c1. The maximum Gasteiger partial charge on any atom is 0.335 e. The van der Waals surface area contributed by atoms with E-state index in [-0.39, 0.29) is 5.56 Å². The van der Waals surface area contributed by atoms with Gasteiger partial charge in [-0.05, 0) is 18.2 Å². The van der Waals surface area contributed by atoms with Crippen molar-refractivity contribution in [3.8, 4) is 0 Å². The Labute approximate surface area is 101 Å². The number of hydrogen-bond donors (Lipinski definition) is 1. The van der Waals surface area contributed by atoms with Gasteiger partial charge in [-0.2, -0.15) is 0 Å². The van der Waals surface area contributed by atoms with Crippen LogP contribution in [0.5, 0.6) is 0 Å². The molecular weight excluding hydrogens is 270 g/mol. The summed E-state index contributed by atoms with van der Waals surface area (Å²) in [6, 6.07) is 6.14. The normalized spacial score (nSPS) is 9.21. The number of rotatable bonds is 1. The fraction of sp³-hybridized carbons (Fsp3) is 0.125. The van der Waals surface area contributed by atoms with E-state index in [4.69, 9.17) is 51.5 Å². The summed E-state index contributed by atoms with van der Waals surface area (Å²) in [6.45, 7) is 0. The van der Waals surface area contributed by atoms with Gasteiger partial charge >= 0.3 is 5.97 Å². The average Bonchev–Trinajstić information content (AvgIpc) is 2.03. The van der Waals surface area contributed by atoms with Crippen LogP contribution in [-0.4, -0.2) is 15.4 Å². The van der Waals surface area contributed by atoms with E-state index in [1.54, 1.807) is 12.1 Å². The predicted molar refractivity (Wildman–Crippen MR) is 59.8 cm³/mol. The second-order valence-electron chi connectivity index (χ2n) is 2.06. The summed E-state index contributed by atoms with van der Waals surface area (Å²) >= 11 is 19.9. The lowest BCUT2D eigenvalue weighted by atomic mass is 10.2. The molecule has 0 spiro atoms. The molecule has 0 aliphatic rings. The molecule has 1 rings (SSSR count). The molecule has 1 aromatic carbocycles. The van der Waals surface area contributed by atoms with E-state index in [1.165, 1.54) is 12.1 Å². The lowest BCUT2D eigenvalue weighted by molar-refractivity contribution is 0.0697. The van der Waals surface area contributed by atoms with Crippen molar-refractivity contribution in [1.82, 2.24) is 0 Å². The predicted octanol–water partition coefficient (Wildman–Crippen LogP) is 4.02. The standard InChI is InChI=1S/C7H5ClO2.CHCl3/c8-6-3-1-2-5(4-6)7(9)10;2-1(3)4/h1-4H,(H,9,10);1H. The van der Waals surface area contributed by atoms with Crippen LogP contribution in [0.15, 0.2) is 24.3 Å². The highest BCUT2D eigenvalue weighted by atomic mass is 35.6. The van der Waals surface area contributed by atoms with Gasteiger partial charge < -0.3 is 5.11 Å². The minimum atomic E-state index is -0.956. The molecule has 0 aromatic heterocycles. The number of carboxylic acids is 1. The molecule has 0 saturated heterocycles. The first-order valence-electron chi connectivity index (χ1n) is 3.34. The van der Waals surface area contributed by atoms with E-state index in [2.05, 4.69) is 0 Å². The molecule has 6 heteroatoms. The van der Waals surface area contributed by atoms with Crippen LogP contribution in [0.3, 0.4) is 0 Å². The quantitative estimate of drug-likeness (QED) is 0.786. The Bertz CT molecular complexity index is 298. The summed E-state index contributed by atoms with van der Waals surface area (Å²) in [5, 5.41) is 8.89. The van der Waals surface area contributed by atoms with Gasteiger partial charge in [-0.15, -0.1) is 0 Å². The molecule has 1 aromatic rings. The Morgan fingerprint density at radius 3 is 2.07 bits per heavy atom. The molecule has 0 aliphatic heterocycles. The third kappa shape index (κ3) is 7.27. The van der Waals surface area contributed by atoms with Gasteiger partial charge in [0.05, 0.1) is 5.56 Å². The van der Waals surface area contributed by atoms with Crippen LogP contribution in [-0.2, 0) is 0 Å². The van der Waals surface area contributed by atoms with Crippen LogP contribution >= 0.6 is 46.4 Å². The molecule has 0 heterocycles. The lowest BCUT2D eigenvalue weighted by Gasteiger charge is -1.92. The smallest absolute Gasteiger partial charge is 0.335 e. The van der Waals surface area contributed by atoms with Crippen molar-refractivity contribution in [2.24, 2.45) is 0 Å². The summed E-state index contributed by atoms with van der Waals surface area (Å²) in [6.07, 6.45) is 0.